The number of carbonyl (C=O) groups excluding carboxylic acids is 2. The summed E-state index contributed by atoms with van der Waals surface area (Å²) in [6.45, 7) is 3.44. The van der Waals surface area contributed by atoms with Crippen LogP contribution in [0.3, 0.4) is 0 Å². The fourth-order valence-electron chi connectivity index (χ4n) is 3.01. The SMILES string of the molecule is Cl.O=C(c1ccccc1)N1CCN(C(=O)C2CCCN2)CC1. The van der Waals surface area contributed by atoms with E-state index in [0.717, 1.165) is 24.9 Å². The van der Waals surface area contributed by atoms with Gasteiger partial charge in [0.2, 0.25) is 5.91 Å². The zero-order valence-electron chi connectivity index (χ0n) is 12.5. The average Bonchev–Trinajstić information content (AvgIpc) is 3.09. The van der Waals surface area contributed by atoms with Crippen LogP contribution in [0.2, 0.25) is 0 Å². The number of halogens is 1. The minimum Gasteiger partial charge on any atom is -0.338 e. The molecule has 1 aromatic carbocycles. The van der Waals surface area contributed by atoms with Crippen molar-refractivity contribution in [3.05, 3.63) is 35.9 Å². The van der Waals surface area contributed by atoms with Crippen LogP contribution >= 0.6 is 12.4 Å². The Morgan fingerprint density at radius 1 is 1.00 bits per heavy atom. The fourth-order valence-corrected chi connectivity index (χ4v) is 3.01. The summed E-state index contributed by atoms with van der Waals surface area (Å²) in [6, 6.07) is 9.31. The number of carbonyl (C=O) groups is 2. The monoisotopic (exact) mass is 323 g/mol. The Balaban J connectivity index is 0.00000176. The first-order valence-electron chi connectivity index (χ1n) is 7.62. The third-order valence-electron chi connectivity index (χ3n) is 4.26. The molecule has 2 saturated heterocycles. The van der Waals surface area contributed by atoms with E-state index in [9.17, 15) is 9.59 Å². The molecule has 0 bridgehead atoms. The molecule has 2 aliphatic rings. The van der Waals surface area contributed by atoms with Crippen LogP contribution in [0, 0.1) is 0 Å². The van der Waals surface area contributed by atoms with Gasteiger partial charge < -0.3 is 15.1 Å². The molecular formula is C16H22ClN3O2. The molecule has 22 heavy (non-hydrogen) atoms. The Morgan fingerprint density at radius 2 is 1.64 bits per heavy atom. The van der Waals surface area contributed by atoms with Crippen LogP contribution in [0.25, 0.3) is 0 Å². The predicted molar refractivity (Wildman–Crippen MR) is 87.2 cm³/mol. The highest BCUT2D eigenvalue weighted by molar-refractivity contribution is 5.94. The predicted octanol–water partition coefficient (Wildman–Crippen LogP) is 1.14. The van der Waals surface area contributed by atoms with E-state index >= 15 is 0 Å². The van der Waals surface area contributed by atoms with Gasteiger partial charge in [0.05, 0.1) is 6.04 Å². The lowest BCUT2D eigenvalue weighted by molar-refractivity contribution is -0.134. The van der Waals surface area contributed by atoms with E-state index in [1.807, 2.05) is 40.1 Å². The maximum Gasteiger partial charge on any atom is 0.253 e. The van der Waals surface area contributed by atoms with Crippen molar-refractivity contribution in [1.82, 2.24) is 15.1 Å². The van der Waals surface area contributed by atoms with Crippen molar-refractivity contribution in [1.29, 1.82) is 0 Å². The smallest absolute Gasteiger partial charge is 0.253 e. The number of rotatable bonds is 2. The normalized spacial score (nSPS) is 21.4. The summed E-state index contributed by atoms with van der Waals surface area (Å²) in [5.74, 6) is 0.251. The molecule has 6 heteroatoms. The number of nitrogens with one attached hydrogen (secondary N) is 1. The maximum atomic E-state index is 12.3. The zero-order chi connectivity index (χ0) is 14.7. The molecule has 0 aromatic heterocycles. The molecule has 0 aliphatic carbocycles. The van der Waals surface area contributed by atoms with Gasteiger partial charge in [0.1, 0.15) is 0 Å². The van der Waals surface area contributed by atoms with Crippen molar-refractivity contribution < 1.29 is 9.59 Å². The van der Waals surface area contributed by atoms with Crippen molar-refractivity contribution in [2.75, 3.05) is 32.7 Å². The summed E-state index contributed by atoms with van der Waals surface area (Å²) in [5.41, 5.74) is 0.717. The standard InChI is InChI=1S/C16H21N3O2.ClH/c20-15(13-5-2-1-3-6-13)18-9-11-19(12-10-18)16(21)14-7-4-8-17-14;/h1-3,5-6,14,17H,4,7-12H2;1H. The molecular weight excluding hydrogens is 302 g/mol. The van der Waals surface area contributed by atoms with E-state index in [0.29, 0.717) is 26.2 Å². The number of hydrogen-bond donors (Lipinski definition) is 1. The summed E-state index contributed by atoms with van der Waals surface area (Å²) in [5, 5.41) is 3.24. The van der Waals surface area contributed by atoms with Crippen LogP contribution in [0.15, 0.2) is 30.3 Å². The van der Waals surface area contributed by atoms with Crippen LogP contribution in [0.4, 0.5) is 0 Å². The van der Waals surface area contributed by atoms with Gasteiger partial charge in [-0.05, 0) is 31.5 Å². The minimum atomic E-state index is -0.0126. The first-order chi connectivity index (χ1) is 10.3. The Morgan fingerprint density at radius 3 is 2.23 bits per heavy atom. The minimum absolute atomic E-state index is 0. The third-order valence-corrected chi connectivity index (χ3v) is 4.26. The number of amides is 2. The summed E-state index contributed by atoms with van der Waals surface area (Å²) in [6.07, 6.45) is 2.00. The Labute approximate surface area is 137 Å². The molecule has 3 rings (SSSR count). The van der Waals surface area contributed by atoms with E-state index in [1.54, 1.807) is 0 Å². The van der Waals surface area contributed by atoms with E-state index in [4.69, 9.17) is 0 Å². The van der Waals surface area contributed by atoms with Gasteiger partial charge in [-0.1, -0.05) is 18.2 Å². The number of hydrogen-bond acceptors (Lipinski definition) is 3. The molecule has 120 valence electrons. The Bertz CT molecular complexity index is 509. The molecule has 2 amide bonds. The molecule has 1 N–H and O–H groups in total. The largest absolute Gasteiger partial charge is 0.338 e. The zero-order valence-corrected chi connectivity index (χ0v) is 13.3. The number of piperazine rings is 1. The van der Waals surface area contributed by atoms with Gasteiger partial charge in [-0.3, -0.25) is 9.59 Å². The topological polar surface area (TPSA) is 52.7 Å². The average molecular weight is 324 g/mol. The molecule has 2 fully saturated rings. The van der Waals surface area contributed by atoms with Crippen molar-refractivity contribution >= 4 is 24.2 Å². The van der Waals surface area contributed by atoms with Crippen molar-refractivity contribution in [2.24, 2.45) is 0 Å². The van der Waals surface area contributed by atoms with Gasteiger partial charge >= 0.3 is 0 Å². The molecule has 0 saturated carbocycles. The van der Waals surface area contributed by atoms with Gasteiger partial charge in [0.15, 0.2) is 0 Å². The van der Waals surface area contributed by atoms with E-state index in [2.05, 4.69) is 5.32 Å². The molecule has 2 heterocycles. The molecule has 5 nitrogen and oxygen atoms in total. The Hall–Kier alpha value is -1.59. The summed E-state index contributed by atoms with van der Waals surface area (Å²) < 4.78 is 0. The first kappa shape index (κ1) is 16.8. The highest BCUT2D eigenvalue weighted by Gasteiger charge is 2.30. The second-order valence-electron chi connectivity index (χ2n) is 5.63. The molecule has 0 radical (unpaired) electrons. The quantitative estimate of drug-likeness (QED) is 0.888. The molecule has 2 aliphatic heterocycles. The van der Waals surface area contributed by atoms with Gasteiger partial charge in [-0.2, -0.15) is 0 Å². The van der Waals surface area contributed by atoms with Crippen LogP contribution in [-0.2, 0) is 4.79 Å². The third kappa shape index (κ3) is 3.59. The number of benzene rings is 1. The van der Waals surface area contributed by atoms with Gasteiger partial charge in [0, 0.05) is 31.7 Å². The Kier molecular flexibility index (Phi) is 5.80. The van der Waals surface area contributed by atoms with Crippen LogP contribution in [0.1, 0.15) is 23.2 Å². The summed E-state index contributed by atoms with van der Waals surface area (Å²) >= 11 is 0. The van der Waals surface area contributed by atoms with Crippen molar-refractivity contribution in [2.45, 2.75) is 18.9 Å². The first-order valence-corrected chi connectivity index (χ1v) is 7.62. The fraction of sp³-hybridized carbons (Fsp3) is 0.500. The summed E-state index contributed by atoms with van der Waals surface area (Å²) in [7, 11) is 0. The van der Waals surface area contributed by atoms with Gasteiger partial charge in [-0.15, -0.1) is 12.4 Å². The lowest BCUT2D eigenvalue weighted by Gasteiger charge is -2.36. The molecule has 1 unspecified atom stereocenters. The van der Waals surface area contributed by atoms with E-state index in [1.165, 1.54) is 0 Å². The summed E-state index contributed by atoms with van der Waals surface area (Å²) in [4.78, 5) is 28.4. The highest BCUT2D eigenvalue weighted by Crippen LogP contribution is 2.13. The van der Waals surface area contributed by atoms with Crippen LogP contribution < -0.4 is 5.32 Å². The van der Waals surface area contributed by atoms with Crippen molar-refractivity contribution in [3.63, 3.8) is 0 Å². The number of nitrogens with zero attached hydrogens (tertiary/aromatic N) is 2. The highest BCUT2D eigenvalue weighted by atomic mass is 35.5. The van der Waals surface area contributed by atoms with Gasteiger partial charge in [0.25, 0.3) is 5.91 Å². The van der Waals surface area contributed by atoms with E-state index in [-0.39, 0.29) is 30.3 Å². The lowest BCUT2D eigenvalue weighted by atomic mass is 10.1. The second kappa shape index (κ2) is 7.61. The second-order valence-corrected chi connectivity index (χ2v) is 5.63. The maximum absolute atomic E-state index is 12.3. The van der Waals surface area contributed by atoms with Gasteiger partial charge in [-0.25, -0.2) is 0 Å². The van der Waals surface area contributed by atoms with Crippen molar-refractivity contribution in [3.8, 4) is 0 Å². The van der Waals surface area contributed by atoms with Crippen LogP contribution in [0.5, 0.6) is 0 Å². The molecule has 1 atom stereocenters. The lowest BCUT2D eigenvalue weighted by Crippen LogP contribution is -2.54. The van der Waals surface area contributed by atoms with Crippen LogP contribution in [-0.4, -0.2) is 60.4 Å². The van der Waals surface area contributed by atoms with E-state index < -0.39 is 0 Å². The molecule has 0 spiro atoms. The molecule has 1 aromatic rings.